The van der Waals surface area contributed by atoms with Crippen LogP contribution in [-0.4, -0.2) is 24.2 Å². The second-order valence-corrected chi connectivity index (χ2v) is 5.13. The highest BCUT2D eigenvalue weighted by molar-refractivity contribution is 5.66. The first-order valence-corrected chi connectivity index (χ1v) is 6.77. The molecule has 0 spiro atoms. The van der Waals surface area contributed by atoms with Crippen LogP contribution in [0.25, 0.3) is 0 Å². The average molecular weight is 276 g/mol. The number of nitrogens with zero attached hydrogens (tertiary/aromatic N) is 2. The molecule has 1 aliphatic rings. The monoisotopic (exact) mass is 276 g/mol. The van der Waals surface area contributed by atoms with Crippen LogP contribution in [0.1, 0.15) is 31.2 Å². The Hall–Kier alpha value is -2.09. The van der Waals surface area contributed by atoms with Crippen LogP contribution < -0.4 is 4.90 Å². The summed E-state index contributed by atoms with van der Waals surface area (Å²) >= 11 is 0. The molecule has 5 heteroatoms. The summed E-state index contributed by atoms with van der Waals surface area (Å²) in [6.45, 7) is 1.47. The van der Waals surface area contributed by atoms with Gasteiger partial charge < -0.3 is 10.0 Å². The van der Waals surface area contributed by atoms with E-state index >= 15 is 0 Å². The normalized spacial score (nSPS) is 18.6. The van der Waals surface area contributed by atoms with Crippen LogP contribution in [0.2, 0.25) is 0 Å². The zero-order chi connectivity index (χ0) is 14.5. The van der Waals surface area contributed by atoms with E-state index < -0.39 is 11.8 Å². The Labute approximate surface area is 117 Å². The number of piperidine rings is 1. The Morgan fingerprint density at radius 2 is 2.35 bits per heavy atom. The summed E-state index contributed by atoms with van der Waals surface area (Å²) in [6, 6.07) is 6.56. The van der Waals surface area contributed by atoms with E-state index in [1.165, 1.54) is 6.07 Å². The minimum absolute atomic E-state index is 0.0754. The number of benzene rings is 1. The molecule has 1 aromatic rings. The van der Waals surface area contributed by atoms with Gasteiger partial charge in [0.05, 0.1) is 5.69 Å². The lowest BCUT2D eigenvalue weighted by molar-refractivity contribution is -0.137. The maximum absolute atomic E-state index is 13.6. The van der Waals surface area contributed by atoms with Crippen LogP contribution in [0.15, 0.2) is 18.2 Å². The zero-order valence-corrected chi connectivity index (χ0v) is 11.2. The summed E-state index contributed by atoms with van der Waals surface area (Å²) in [5.41, 5.74) is 0.693. The lowest BCUT2D eigenvalue weighted by atomic mass is 9.92. The molecule has 1 atom stereocenters. The third-order valence-electron chi connectivity index (χ3n) is 3.73. The molecule has 0 saturated carbocycles. The molecule has 1 aromatic carbocycles. The second kappa shape index (κ2) is 6.38. The van der Waals surface area contributed by atoms with Crippen LogP contribution in [0.4, 0.5) is 10.1 Å². The molecule has 1 heterocycles. The number of carbonyl (C=O) groups is 1. The Kier molecular flexibility index (Phi) is 4.57. The van der Waals surface area contributed by atoms with Crippen LogP contribution in [0.5, 0.6) is 0 Å². The molecule has 0 aromatic heterocycles. The number of anilines is 1. The van der Waals surface area contributed by atoms with Crippen molar-refractivity contribution >= 4 is 11.7 Å². The molecule has 106 valence electrons. The van der Waals surface area contributed by atoms with Crippen molar-refractivity contribution in [1.29, 1.82) is 5.26 Å². The van der Waals surface area contributed by atoms with Crippen molar-refractivity contribution in [3.05, 3.63) is 29.6 Å². The fraction of sp³-hybridized carbons (Fsp3) is 0.467. The molecule has 1 fully saturated rings. The Bertz CT molecular complexity index is 539. The number of aliphatic carboxylic acids is 1. The molecule has 1 N–H and O–H groups in total. The van der Waals surface area contributed by atoms with Gasteiger partial charge in [-0.05, 0) is 37.3 Å². The third kappa shape index (κ3) is 3.27. The maximum atomic E-state index is 13.6. The largest absolute Gasteiger partial charge is 0.481 e. The van der Waals surface area contributed by atoms with Crippen molar-refractivity contribution < 1.29 is 14.3 Å². The van der Waals surface area contributed by atoms with E-state index in [4.69, 9.17) is 10.4 Å². The van der Waals surface area contributed by atoms with E-state index in [1.54, 1.807) is 12.1 Å². The molecule has 2 rings (SSSR count). The first kappa shape index (κ1) is 14.3. The summed E-state index contributed by atoms with van der Waals surface area (Å²) in [6.07, 6.45) is 2.71. The van der Waals surface area contributed by atoms with Gasteiger partial charge in [0.2, 0.25) is 0 Å². The van der Waals surface area contributed by atoms with Gasteiger partial charge >= 0.3 is 5.97 Å². The SMILES string of the molecule is N#Cc1c(F)cccc1N1CCCC(CCC(=O)O)C1. The minimum atomic E-state index is -0.786. The van der Waals surface area contributed by atoms with Crippen molar-refractivity contribution in [3.63, 3.8) is 0 Å². The fourth-order valence-electron chi connectivity index (χ4n) is 2.73. The number of carboxylic acids is 1. The highest BCUT2D eigenvalue weighted by Crippen LogP contribution is 2.29. The van der Waals surface area contributed by atoms with Crippen LogP contribution in [0, 0.1) is 23.1 Å². The van der Waals surface area contributed by atoms with Gasteiger partial charge in [-0.25, -0.2) is 4.39 Å². The summed E-state index contributed by atoms with van der Waals surface area (Å²) in [5, 5.41) is 17.8. The van der Waals surface area contributed by atoms with E-state index in [1.807, 2.05) is 11.0 Å². The van der Waals surface area contributed by atoms with Crippen LogP contribution in [0.3, 0.4) is 0 Å². The van der Waals surface area contributed by atoms with Crippen molar-refractivity contribution in [1.82, 2.24) is 0 Å². The molecule has 0 radical (unpaired) electrons. The number of nitriles is 1. The van der Waals surface area contributed by atoms with Gasteiger partial charge in [0, 0.05) is 19.5 Å². The average Bonchev–Trinajstić information content (AvgIpc) is 2.45. The smallest absolute Gasteiger partial charge is 0.303 e. The number of rotatable bonds is 4. The lowest BCUT2D eigenvalue weighted by Crippen LogP contribution is -2.36. The number of halogens is 1. The molecule has 4 nitrogen and oxygen atoms in total. The summed E-state index contributed by atoms with van der Waals surface area (Å²) in [4.78, 5) is 12.6. The molecular formula is C15H17FN2O2. The fourth-order valence-corrected chi connectivity index (χ4v) is 2.73. The molecule has 1 unspecified atom stereocenters. The van der Waals surface area contributed by atoms with Gasteiger partial charge in [-0.2, -0.15) is 5.26 Å². The number of hydrogen-bond acceptors (Lipinski definition) is 3. The van der Waals surface area contributed by atoms with Gasteiger partial charge in [-0.3, -0.25) is 4.79 Å². The molecule has 20 heavy (non-hydrogen) atoms. The highest BCUT2D eigenvalue weighted by Gasteiger charge is 2.23. The summed E-state index contributed by atoms with van der Waals surface area (Å²) < 4.78 is 13.6. The second-order valence-electron chi connectivity index (χ2n) is 5.13. The van der Waals surface area contributed by atoms with E-state index in [0.717, 1.165) is 19.4 Å². The first-order chi connectivity index (χ1) is 9.61. The van der Waals surface area contributed by atoms with E-state index in [0.29, 0.717) is 18.7 Å². The van der Waals surface area contributed by atoms with Crippen LogP contribution >= 0.6 is 0 Å². The van der Waals surface area contributed by atoms with Crippen molar-refractivity contribution in [3.8, 4) is 6.07 Å². The van der Waals surface area contributed by atoms with Crippen molar-refractivity contribution in [2.75, 3.05) is 18.0 Å². The number of hydrogen-bond donors (Lipinski definition) is 1. The van der Waals surface area contributed by atoms with Gasteiger partial charge in [-0.1, -0.05) is 6.07 Å². The Morgan fingerprint density at radius 3 is 3.05 bits per heavy atom. The predicted molar refractivity (Wildman–Crippen MR) is 72.9 cm³/mol. The predicted octanol–water partition coefficient (Wildman–Crippen LogP) is 2.78. The quantitative estimate of drug-likeness (QED) is 0.918. The number of carboxylic acid groups (broad SMARTS) is 1. The Morgan fingerprint density at radius 1 is 1.55 bits per heavy atom. The van der Waals surface area contributed by atoms with Gasteiger partial charge in [-0.15, -0.1) is 0 Å². The van der Waals surface area contributed by atoms with Gasteiger partial charge in [0.15, 0.2) is 0 Å². The molecule has 0 bridgehead atoms. The van der Waals surface area contributed by atoms with Gasteiger partial charge in [0.25, 0.3) is 0 Å². The van der Waals surface area contributed by atoms with E-state index in [2.05, 4.69) is 0 Å². The molecular weight excluding hydrogens is 259 g/mol. The van der Waals surface area contributed by atoms with Crippen LogP contribution in [-0.2, 0) is 4.79 Å². The first-order valence-electron chi connectivity index (χ1n) is 6.77. The van der Waals surface area contributed by atoms with E-state index in [9.17, 15) is 9.18 Å². The van der Waals surface area contributed by atoms with Gasteiger partial charge in [0.1, 0.15) is 17.4 Å². The minimum Gasteiger partial charge on any atom is -0.481 e. The van der Waals surface area contributed by atoms with Crippen molar-refractivity contribution in [2.24, 2.45) is 5.92 Å². The van der Waals surface area contributed by atoms with Crippen molar-refractivity contribution in [2.45, 2.75) is 25.7 Å². The molecule has 1 saturated heterocycles. The highest BCUT2D eigenvalue weighted by atomic mass is 19.1. The molecule has 0 aliphatic carbocycles. The third-order valence-corrected chi connectivity index (χ3v) is 3.73. The summed E-state index contributed by atoms with van der Waals surface area (Å²) in [7, 11) is 0. The lowest BCUT2D eigenvalue weighted by Gasteiger charge is -2.34. The zero-order valence-electron chi connectivity index (χ0n) is 11.2. The van der Waals surface area contributed by atoms with E-state index in [-0.39, 0.29) is 17.9 Å². The summed E-state index contributed by atoms with van der Waals surface area (Å²) in [5.74, 6) is -1.00. The molecule has 0 amide bonds. The topological polar surface area (TPSA) is 64.3 Å². The Balaban J connectivity index is 2.11. The maximum Gasteiger partial charge on any atom is 0.303 e. The standard InChI is InChI=1S/C15H17FN2O2/c16-13-4-1-5-14(12(13)9-17)18-8-2-3-11(10-18)6-7-15(19)20/h1,4-5,11H,2-3,6-8,10H2,(H,19,20). The molecule has 1 aliphatic heterocycles.